The molecule has 0 aliphatic heterocycles. The standard InChI is InChI=1S/C15H30NO5P/c1-6-10-11-12-14(16-15(17)19-7-2)13(5)22(18,20-8-3)21-9-4/h14H,5-12H2,1-4H3,(H,16,17). The topological polar surface area (TPSA) is 73.9 Å². The number of rotatable bonds is 12. The summed E-state index contributed by atoms with van der Waals surface area (Å²) in [5.74, 6) is 0. The van der Waals surface area contributed by atoms with E-state index in [1.807, 2.05) is 0 Å². The molecular formula is C15H30NO5P. The first kappa shape index (κ1) is 21.2. The SMILES string of the molecule is C=C(C(CCCCC)NC(=O)OCC)P(=O)(OCC)OCC. The fourth-order valence-corrected chi connectivity index (χ4v) is 3.63. The maximum Gasteiger partial charge on any atom is 0.407 e. The molecule has 0 aliphatic carbocycles. The number of nitrogens with one attached hydrogen (secondary N) is 1. The zero-order valence-corrected chi connectivity index (χ0v) is 15.1. The van der Waals surface area contributed by atoms with E-state index in [1.165, 1.54) is 0 Å². The Bertz CT molecular complexity index is 376. The molecule has 0 saturated heterocycles. The maximum absolute atomic E-state index is 12.8. The van der Waals surface area contributed by atoms with Crippen LogP contribution in [-0.4, -0.2) is 32.0 Å². The third kappa shape index (κ3) is 7.43. The molecule has 6 nitrogen and oxygen atoms in total. The first-order chi connectivity index (χ1) is 10.4. The van der Waals surface area contributed by atoms with Crippen molar-refractivity contribution >= 4 is 13.7 Å². The summed E-state index contributed by atoms with van der Waals surface area (Å²) in [6, 6.07) is -0.491. The molecule has 0 heterocycles. The summed E-state index contributed by atoms with van der Waals surface area (Å²) in [6.45, 7) is 11.9. The van der Waals surface area contributed by atoms with E-state index in [0.717, 1.165) is 19.3 Å². The molecule has 0 aliphatic rings. The number of hydrogen-bond acceptors (Lipinski definition) is 5. The second kappa shape index (κ2) is 11.7. The van der Waals surface area contributed by atoms with Gasteiger partial charge in [-0.05, 0) is 27.2 Å². The van der Waals surface area contributed by atoms with Gasteiger partial charge in [0.15, 0.2) is 0 Å². The van der Waals surface area contributed by atoms with E-state index in [4.69, 9.17) is 13.8 Å². The highest BCUT2D eigenvalue weighted by Crippen LogP contribution is 2.56. The highest BCUT2D eigenvalue weighted by Gasteiger charge is 2.34. The summed E-state index contributed by atoms with van der Waals surface area (Å²) in [7, 11) is -3.46. The summed E-state index contributed by atoms with van der Waals surface area (Å²) in [4.78, 5) is 11.7. The minimum atomic E-state index is -3.46. The minimum Gasteiger partial charge on any atom is -0.450 e. The minimum absolute atomic E-state index is 0.247. The molecule has 1 N–H and O–H groups in total. The lowest BCUT2D eigenvalue weighted by Crippen LogP contribution is -2.36. The quantitative estimate of drug-likeness (QED) is 0.421. The predicted molar refractivity (Wildman–Crippen MR) is 88.1 cm³/mol. The van der Waals surface area contributed by atoms with Crippen LogP contribution in [0.1, 0.15) is 53.4 Å². The van der Waals surface area contributed by atoms with E-state index in [2.05, 4.69) is 18.8 Å². The Labute approximate surface area is 134 Å². The average molecular weight is 335 g/mol. The number of hydrogen-bond donors (Lipinski definition) is 1. The van der Waals surface area contributed by atoms with Gasteiger partial charge >= 0.3 is 13.7 Å². The van der Waals surface area contributed by atoms with Gasteiger partial charge in [0, 0.05) is 0 Å². The van der Waals surface area contributed by atoms with Gasteiger partial charge in [0.25, 0.3) is 0 Å². The Balaban J connectivity index is 5.04. The molecule has 0 radical (unpaired) electrons. The molecule has 0 spiro atoms. The molecule has 130 valence electrons. The highest BCUT2D eigenvalue weighted by molar-refractivity contribution is 7.58. The normalized spacial score (nSPS) is 12.7. The molecule has 1 unspecified atom stereocenters. The fourth-order valence-electron chi connectivity index (χ4n) is 1.97. The first-order valence-electron chi connectivity index (χ1n) is 7.96. The van der Waals surface area contributed by atoms with Crippen LogP contribution in [0.2, 0.25) is 0 Å². The Kier molecular flexibility index (Phi) is 11.2. The van der Waals surface area contributed by atoms with Crippen LogP contribution in [0.25, 0.3) is 0 Å². The van der Waals surface area contributed by atoms with Crippen LogP contribution in [0.4, 0.5) is 4.79 Å². The fraction of sp³-hybridized carbons (Fsp3) is 0.800. The number of ether oxygens (including phenoxy) is 1. The molecule has 0 aromatic carbocycles. The van der Waals surface area contributed by atoms with Crippen molar-refractivity contribution in [2.24, 2.45) is 0 Å². The van der Waals surface area contributed by atoms with Gasteiger partial charge in [-0.15, -0.1) is 0 Å². The van der Waals surface area contributed by atoms with E-state index < -0.39 is 19.7 Å². The van der Waals surface area contributed by atoms with Crippen molar-refractivity contribution in [2.75, 3.05) is 19.8 Å². The molecule has 0 rings (SSSR count). The van der Waals surface area contributed by atoms with Crippen LogP contribution < -0.4 is 5.32 Å². The Morgan fingerprint density at radius 2 is 1.68 bits per heavy atom. The Morgan fingerprint density at radius 1 is 1.09 bits per heavy atom. The second-order valence-corrected chi connectivity index (χ2v) is 6.82. The summed E-state index contributed by atoms with van der Waals surface area (Å²) in [5, 5.41) is 2.98. The van der Waals surface area contributed by atoms with Gasteiger partial charge in [-0.25, -0.2) is 4.79 Å². The number of alkyl carbamates (subject to hydrolysis) is 1. The van der Waals surface area contributed by atoms with Crippen molar-refractivity contribution in [3.05, 3.63) is 11.9 Å². The molecule has 1 atom stereocenters. The molecule has 0 bridgehead atoms. The van der Waals surface area contributed by atoms with Crippen LogP contribution >= 0.6 is 7.60 Å². The summed E-state index contributed by atoms with van der Waals surface area (Å²) >= 11 is 0. The molecule has 0 aromatic heterocycles. The van der Waals surface area contributed by atoms with Gasteiger partial charge in [-0.1, -0.05) is 32.8 Å². The van der Waals surface area contributed by atoms with E-state index in [-0.39, 0.29) is 25.1 Å². The number of amides is 1. The summed E-state index contributed by atoms with van der Waals surface area (Å²) in [6.07, 6.45) is 3.01. The monoisotopic (exact) mass is 335 g/mol. The van der Waals surface area contributed by atoms with Crippen molar-refractivity contribution in [3.8, 4) is 0 Å². The second-order valence-electron chi connectivity index (χ2n) is 4.74. The Morgan fingerprint density at radius 3 is 2.14 bits per heavy atom. The van der Waals surface area contributed by atoms with E-state index in [9.17, 15) is 9.36 Å². The molecule has 7 heteroatoms. The lowest BCUT2D eigenvalue weighted by molar-refractivity contribution is 0.149. The highest BCUT2D eigenvalue weighted by atomic mass is 31.2. The smallest absolute Gasteiger partial charge is 0.407 e. The number of carbonyl (C=O) groups is 1. The lowest BCUT2D eigenvalue weighted by atomic mass is 10.1. The molecule has 0 fully saturated rings. The molecule has 0 aromatic rings. The van der Waals surface area contributed by atoms with Crippen LogP contribution in [0.5, 0.6) is 0 Å². The predicted octanol–water partition coefficient (Wildman–Crippen LogP) is 4.46. The average Bonchev–Trinajstić information content (AvgIpc) is 2.46. The van der Waals surface area contributed by atoms with Crippen LogP contribution in [0.15, 0.2) is 11.9 Å². The Hall–Kier alpha value is -0.840. The van der Waals surface area contributed by atoms with E-state index in [0.29, 0.717) is 6.42 Å². The third-order valence-electron chi connectivity index (χ3n) is 3.02. The van der Waals surface area contributed by atoms with Crippen molar-refractivity contribution in [3.63, 3.8) is 0 Å². The molecular weight excluding hydrogens is 305 g/mol. The lowest BCUT2D eigenvalue weighted by Gasteiger charge is -2.26. The molecule has 22 heavy (non-hydrogen) atoms. The van der Waals surface area contributed by atoms with Gasteiger partial charge < -0.3 is 19.1 Å². The van der Waals surface area contributed by atoms with Crippen molar-refractivity contribution in [1.29, 1.82) is 0 Å². The van der Waals surface area contributed by atoms with Gasteiger partial charge in [0.1, 0.15) is 0 Å². The van der Waals surface area contributed by atoms with Crippen molar-refractivity contribution < 1.29 is 23.1 Å². The van der Waals surface area contributed by atoms with Gasteiger partial charge in [-0.2, -0.15) is 0 Å². The van der Waals surface area contributed by atoms with Gasteiger partial charge in [0.2, 0.25) is 0 Å². The zero-order chi connectivity index (χ0) is 17.0. The summed E-state index contributed by atoms with van der Waals surface area (Å²) < 4.78 is 28.3. The van der Waals surface area contributed by atoms with E-state index >= 15 is 0 Å². The van der Waals surface area contributed by atoms with Crippen LogP contribution in [-0.2, 0) is 18.3 Å². The van der Waals surface area contributed by atoms with E-state index in [1.54, 1.807) is 20.8 Å². The van der Waals surface area contributed by atoms with Crippen molar-refractivity contribution in [1.82, 2.24) is 5.32 Å². The van der Waals surface area contributed by atoms with Gasteiger partial charge in [0.05, 0.1) is 31.2 Å². The zero-order valence-electron chi connectivity index (χ0n) is 14.2. The van der Waals surface area contributed by atoms with Gasteiger partial charge in [-0.3, -0.25) is 4.57 Å². The van der Waals surface area contributed by atoms with Crippen molar-refractivity contribution in [2.45, 2.75) is 59.4 Å². The van der Waals surface area contributed by atoms with Crippen LogP contribution in [0.3, 0.4) is 0 Å². The maximum atomic E-state index is 12.8. The third-order valence-corrected chi connectivity index (χ3v) is 5.23. The number of carbonyl (C=O) groups excluding carboxylic acids is 1. The van der Waals surface area contributed by atoms with Crippen LogP contribution in [0, 0.1) is 0 Å². The largest absolute Gasteiger partial charge is 0.450 e. The molecule has 0 saturated carbocycles. The summed E-state index contributed by atoms with van der Waals surface area (Å²) in [5.41, 5.74) is 0. The number of unbranched alkanes of at least 4 members (excludes halogenated alkanes) is 2. The molecule has 1 amide bonds. The first-order valence-corrected chi connectivity index (χ1v) is 9.51.